The zero-order valence-electron chi connectivity index (χ0n) is 11.3. The van der Waals surface area contributed by atoms with Crippen LogP contribution in [0.2, 0.25) is 0 Å². The molecule has 0 spiro atoms. The molecule has 0 fully saturated rings. The zero-order valence-corrected chi connectivity index (χ0v) is 11.3. The van der Waals surface area contributed by atoms with Gasteiger partial charge in [-0.1, -0.05) is 35.4 Å². The van der Waals surface area contributed by atoms with Gasteiger partial charge in [0.1, 0.15) is 0 Å². The van der Waals surface area contributed by atoms with Gasteiger partial charge in [0.05, 0.1) is 0 Å². The minimum atomic E-state index is 0.0996. The molecule has 0 atom stereocenters. The maximum atomic E-state index is 12.5. The molecule has 0 saturated carbocycles. The number of amides is 1. The lowest BCUT2D eigenvalue weighted by Gasteiger charge is -2.17. The number of rotatable bonds is 1. The third-order valence-corrected chi connectivity index (χ3v) is 3.67. The topological polar surface area (TPSA) is 20.3 Å². The van der Waals surface area contributed by atoms with Crippen molar-refractivity contribution in [3.63, 3.8) is 0 Å². The van der Waals surface area contributed by atoms with Crippen molar-refractivity contribution in [1.29, 1.82) is 0 Å². The monoisotopic (exact) mass is 251 g/mol. The zero-order chi connectivity index (χ0) is 13.4. The van der Waals surface area contributed by atoms with Crippen LogP contribution in [0.4, 0.5) is 5.69 Å². The van der Waals surface area contributed by atoms with Crippen molar-refractivity contribution in [3.8, 4) is 0 Å². The minimum Gasteiger partial charge on any atom is -0.308 e. The highest BCUT2D eigenvalue weighted by Crippen LogP contribution is 2.30. The van der Waals surface area contributed by atoms with E-state index in [2.05, 4.69) is 25.1 Å². The summed E-state index contributed by atoms with van der Waals surface area (Å²) in [4.78, 5) is 14.4. The smallest absolute Gasteiger partial charge is 0.258 e. The molecule has 0 radical (unpaired) electrons. The molecule has 2 nitrogen and oxygen atoms in total. The first-order valence-electron chi connectivity index (χ1n) is 6.63. The van der Waals surface area contributed by atoms with Gasteiger partial charge in [-0.25, -0.2) is 0 Å². The van der Waals surface area contributed by atoms with Crippen molar-refractivity contribution in [2.24, 2.45) is 0 Å². The van der Waals surface area contributed by atoms with E-state index in [0.717, 1.165) is 24.2 Å². The number of carbonyl (C=O) groups is 1. The number of hydrogen-bond donors (Lipinski definition) is 0. The van der Waals surface area contributed by atoms with Gasteiger partial charge in [0.2, 0.25) is 0 Å². The molecule has 1 aliphatic heterocycles. The van der Waals surface area contributed by atoms with Crippen LogP contribution in [0.1, 0.15) is 27.0 Å². The van der Waals surface area contributed by atoms with E-state index in [1.807, 2.05) is 36.1 Å². The number of fused-ring (bicyclic) bond motifs is 1. The van der Waals surface area contributed by atoms with E-state index in [9.17, 15) is 4.79 Å². The first kappa shape index (κ1) is 12.0. The summed E-state index contributed by atoms with van der Waals surface area (Å²) in [5, 5.41) is 0. The third-order valence-electron chi connectivity index (χ3n) is 3.67. The van der Waals surface area contributed by atoms with E-state index < -0.39 is 0 Å². The molecule has 0 unspecified atom stereocenters. The summed E-state index contributed by atoms with van der Waals surface area (Å²) < 4.78 is 0. The Morgan fingerprint density at radius 2 is 1.68 bits per heavy atom. The summed E-state index contributed by atoms with van der Waals surface area (Å²) in [7, 11) is 0. The summed E-state index contributed by atoms with van der Waals surface area (Å²) >= 11 is 0. The molecule has 0 N–H and O–H groups in total. The van der Waals surface area contributed by atoms with Gasteiger partial charge in [-0.15, -0.1) is 0 Å². The van der Waals surface area contributed by atoms with Crippen LogP contribution in [-0.4, -0.2) is 12.5 Å². The fourth-order valence-corrected chi connectivity index (χ4v) is 2.59. The molecule has 2 aromatic rings. The SMILES string of the molecule is Cc1ccc(C(=O)N2CCc3cc(C)ccc32)cc1. The highest BCUT2D eigenvalue weighted by Gasteiger charge is 2.25. The summed E-state index contributed by atoms with van der Waals surface area (Å²) in [5.74, 6) is 0.0996. The molecule has 1 heterocycles. The van der Waals surface area contributed by atoms with Gasteiger partial charge in [0.15, 0.2) is 0 Å². The van der Waals surface area contributed by atoms with Gasteiger partial charge in [0, 0.05) is 17.8 Å². The van der Waals surface area contributed by atoms with Gasteiger partial charge in [-0.2, -0.15) is 0 Å². The molecule has 0 aromatic heterocycles. The highest BCUT2D eigenvalue weighted by molar-refractivity contribution is 6.07. The fraction of sp³-hybridized carbons (Fsp3) is 0.235. The number of benzene rings is 2. The second-order valence-corrected chi connectivity index (χ2v) is 5.20. The normalized spacial score (nSPS) is 13.5. The van der Waals surface area contributed by atoms with Gasteiger partial charge in [-0.05, 0) is 44.0 Å². The Bertz CT molecular complexity index is 628. The largest absolute Gasteiger partial charge is 0.308 e. The van der Waals surface area contributed by atoms with Crippen molar-refractivity contribution in [2.75, 3.05) is 11.4 Å². The molecule has 19 heavy (non-hydrogen) atoms. The molecular formula is C17H17NO. The molecule has 1 amide bonds. The lowest BCUT2D eigenvalue weighted by atomic mass is 10.1. The van der Waals surface area contributed by atoms with Crippen LogP contribution in [0.3, 0.4) is 0 Å². The first-order chi connectivity index (χ1) is 9.15. The summed E-state index contributed by atoms with van der Waals surface area (Å²) in [6.07, 6.45) is 0.953. The predicted molar refractivity (Wildman–Crippen MR) is 77.7 cm³/mol. The Balaban J connectivity index is 1.93. The summed E-state index contributed by atoms with van der Waals surface area (Å²) in [5.41, 5.74) is 5.54. The average molecular weight is 251 g/mol. The molecule has 1 aliphatic rings. The Kier molecular flexibility index (Phi) is 2.86. The van der Waals surface area contributed by atoms with Crippen LogP contribution >= 0.6 is 0 Å². The number of hydrogen-bond acceptors (Lipinski definition) is 1. The van der Waals surface area contributed by atoms with E-state index >= 15 is 0 Å². The Labute approximate surface area is 113 Å². The summed E-state index contributed by atoms with van der Waals surface area (Å²) in [6.45, 7) is 4.90. The van der Waals surface area contributed by atoms with Crippen LogP contribution < -0.4 is 4.90 Å². The Morgan fingerprint density at radius 3 is 2.42 bits per heavy atom. The van der Waals surface area contributed by atoms with Gasteiger partial charge in [0.25, 0.3) is 5.91 Å². The molecular weight excluding hydrogens is 234 g/mol. The molecule has 2 heteroatoms. The van der Waals surface area contributed by atoms with Crippen molar-refractivity contribution in [2.45, 2.75) is 20.3 Å². The third kappa shape index (κ3) is 2.14. The molecule has 3 rings (SSSR count). The maximum absolute atomic E-state index is 12.5. The lowest BCUT2D eigenvalue weighted by molar-refractivity contribution is 0.0989. The van der Waals surface area contributed by atoms with Gasteiger partial charge < -0.3 is 4.90 Å². The van der Waals surface area contributed by atoms with Crippen molar-refractivity contribution in [1.82, 2.24) is 0 Å². The van der Waals surface area contributed by atoms with E-state index in [4.69, 9.17) is 0 Å². The van der Waals surface area contributed by atoms with Crippen molar-refractivity contribution in [3.05, 3.63) is 64.7 Å². The molecule has 0 bridgehead atoms. The van der Waals surface area contributed by atoms with Crippen LogP contribution in [-0.2, 0) is 6.42 Å². The predicted octanol–water partition coefficient (Wildman–Crippen LogP) is 3.51. The number of anilines is 1. The Morgan fingerprint density at radius 1 is 1.00 bits per heavy atom. The molecule has 0 saturated heterocycles. The molecule has 96 valence electrons. The van der Waals surface area contributed by atoms with Crippen molar-refractivity contribution < 1.29 is 4.79 Å². The second-order valence-electron chi connectivity index (χ2n) is 5.20. The number of carbonyl (C=O) groups excluding carboxylic acids is 1. The molecule has 0 aliphatic carbocycles. The standard InChI is InChI=1S/C17H17NO/c1-12-3-6-14(7-4-12)17(19)18-10-9-15-11-13(2)5-8-16(15)18/h3-8,11H,9-10H2,1-2H3. The number of nitrogens with zero attached hydrogens (tertiary/aromatic N) is 1. The molecule has 2 aromatic carbocycles. The number of aryl methyl sites for hydroxylation is 2. The fourth-order valence-electron chi connectivity index (χ4n) is 2.59. The Hall–Kier alpha value is -2.09. The van der Waals surface area contributed by atoms with E-state index in [1.165, 1.54) is 16.7 Å². The van der Waals surface area contributed by atoms with Crippen LogP contribution in [0.15, 0.2) is 42.5 Å². The van der Waals surface area contributed by atoms with Gasteiger partial charge >= 0.3 is 0 Å². The minimum absolute atomic E-state index is 0.0996. The second kappa shape index (κ2) is 4.54. The van der Waals surface area contributed by atoms with Crippen LogP contribution in [0, 0.1) is 13.8 Å². The maximum Gasteiger partial charge on any atom is 0.258 e. The van der Waals surface area contributed by atoms with Crippen LogP contribution in [0.5, 0.6) is 0 Å². The average Bonchev–Trinajstić information content (AvgIpc) is 2.81. The van der Waals surface area contributed by atoms with Crippen LogP contribution in [0.25, 0.3) is 0 Å². The lowest BCUT2D eigenvalue weighted by Crippen LogP contribution is -2.28. The van der Waals surface area contributed by atoms with E-state index in [0.29, 0.717) is 0 Å². The van der Waals surface area contributed by atoms with E-state index in [1.54, 1.807) is 0 Å². The van der Waals surface area contributed by atoms with Gasteiger partial charge in [-0.3, -0.25) is 4.79 Å². The van der Waals surface area contributed by atoms with E-state index in [-0.39, 0.29) is 5.91 Å². The highest BCUT2D eigenvalue weighted by atomic mass is 16.2. The summed E-state index contributed by atoms with van der Waals surface area (Å²) in [6, 6.07) is 14.1. The quantitative estimate of drug-likeness (QED) is 0.759. The van der Waals surface area contributed by atoms with Crippen molar-refractivity contribution >= 4 is 11.6 Å². The first-order valence-corrected chi connectivity index (χ1v) is 6.63.